The van der Waals surface area contributed by atoms with Crippen LogP contribution >= 0.6 is 0 Å². The summed E-state index contributed by atoms with van der Waals surface area (Å²) in [6.07, 6.45) is 0. The molecule has 0 saturated carbocycles. The SMILES string of the molecule is C=C(C(=C)N(C)C)N(C)C. The van der Waals surface area contributed by atoms with Crippen molar-refractivity contribution in [3.8, 4) is 0 Å². The first-order valence-electron chi connectivity index (χ1n) is 3.19. The zero-order valence-electron chi connectivity index (χ0n) is 7.31. The third-order valence-electron chi connectivity index (χ3n) is 1.41. The lowest BCUT2D eigenvalue weighted by Crippen LogP contribution is -2.20. The molecule has 0 rings (SSSR count). The Balaban J connectivity index is 4.10. The third-order valence-corrected chi connectivity index (χ3v) is 1.41. The Morgan fingerprint density at radius 1 is 0.800 bits per heavy atom. The van der Waals surface area contributed by atoms with Gasteiger partial charge in [-0.3, -0.25) is 0 Å². The first-order chi connectivity index (χ1) is 4.46. The van der Waals surface area contributed by atoms with Crippen LogP contribution in [0.3, 0.4) is 0 Å². The minimum Gasteiger partial charge on any atom is -0.376 e. The van der Waals surface area contributed by atoms with E-state index in [4.69, 9.17) is 0 Å². The Morgan fingerprint density at radius 3 is 1.10 bits per heavy atom. The van der Waals surface area contributed by atoms with Gasteiger partial charge in [-0.1, -0.05) is 13.2 Å². The van der Waals surface area contributed by atoms with Gasteiger partial charge in [0.1, 0.15) is 0 Å². The molecule has 0 amide bonds. The van der Waals surface area contributed by atoms with Crippen molar-refractivity contribution >= 4 is 0 Å². The van der Waals surface area contributed by atoms with Crippen LogP contribution in [0.25, 0.3) is 0 Å². The molecule has 0 saturated heterocycles. The van der Waals surface area contributed by atoms with Gasteiger partial charge in [-0.05, 0) is 0 Å². The predicted octanol–water partition coefficient (Wildman–Crippen LogP) is 1.14. The van der Waals surface area contributed by atoms with Crippen LogP contribution in [0.15, 0.2) is 24.6 Å². The molecule has 2 heteroatoms. The van der Waals surface area contributed by atoms with Gasteiger partial charge in [-0.25, -0.2) is 0 Å². The van der Waals surface area contributed by atoms with Crippen molar-refractivity contribution in [2.75, 3.05) is 28.2 Å². The molecule has 0 aliphatic heterocycles. The molecule has 0 aromatic heterocycles. The minimum atomic E-state index is 0.949. The largest absolute Gasteiger partial charge is 0.376 e. The van der Waals surface area contributed by atoms with Gasteiger partial charge in [0.25, 0.3) is 0 Å². The average molecular weight is 140 g/mol. The van der Waals surface area contributed by atoms with E-state index in [9.17, 15) is 0 Å². The molecule has 0 unspecified atom stereocenters. The van der Waals surface area contributed by atoms with Crippen LogP contribution in [-0.4, -0.2) is 38.0 Å². The van der Waals surface area contributed by atoms with Crippen molar-refractivity contribution in [2.45, 2.75) is 0 Å². The van der Waals surface area contributed by atoms with E-state index in [0.29, 0.717) is 0 Å². The van der Waals surface area contributed by atoms with E-state index in [1.165, 1.54) is 0 Å². The third kappa shape index (κ3) is 2.13. The predicted molar refractivity (Wildman–Crippen MR) is 45.7 cm³/mol. The van der Waals surface area contributed by atoms with Crippen LogP contribution in [0.4, 0.5) is 0 Å². The van der Waals surface area contributed by atoms with E-state index in [1.54, 1.807) is 0 Å². The summed E-state index contributed by atoms with van der Waals surface area (Å²) in [5.74, 6) is 0. The molecule has 0 aromatic rings. The smallest absolute Gasteiger partial charge is 0.0519 e. The molecule has 0 aromatic carbocycles. The molecule has 0 spiro atoms. The van der Waals surface area contributed by atoms with Crippen molar-refractivity contribution in [1.82, 2.24) is 9.80 Å². The second kappa shape index (κ2) is 3.30. The summed E-state index contributed by atoms with van der Waals surface area (Å²) in [6.45, 7) is 7.72. The molecular formula is C8H16N2. The fraction of sp³-hybridized carbons (Fsp3) is 0.500. The molecule has 58 valence electrons. The second-order valence-corrected chi connectivity index (χ2v) is 2.68. The highest BCUT2D eigenvalue weighted by atomic mass is 15.2. The van der Waals surface area contributed by atoms with E-state index in [1.807, 2.05) is 38.0 Å². The summed E-state index contributed by atoms with van der Waals surface area (Å²) >= 11 is 0. The van der Waals surface area contributed by atoms with Gasteiger partial charge in [-0.2, -0.15) is 0 Å². The molecule has 0 atom stereocenters. The lowest BCUT2D eigenvalue weighted by Gasteiger charge is -2.23. The maximum atomic E-state index is 3.86. The van der Waals surface area contributed by atoms with Crippen molar-refractivity contribution in [1.29, 1.82) is 0 Å². The van der Waals surface area contributed by atoms with Gasteiger partial charge in [0.2, 0.25) is 0 Å². The topological polar surface area (TPSA) is 6.48 Å². The number of hydrogen-bond acceptors (Lipinski definition) is 2. The Bertz CT molecular complexity index is 127. The van der Waals surface area contributed by atoms with Gasteiger partial charge < -0.3 is 9.80 Å². The maximum absolute atomic E-state index is 3.86. The van der Waals surface area contributed by atoms with Crippen LogP contribution < -0.4 is 0 Å². The summed E-state index contributed by atoms with van der Waals surface area (Å²) in [7, 11) is 7.82. The summed E-state index contributed by atoms with van der Waals surface area (Å²) in [5.41, 5.74) is 1.90. The molecule has 10 heavy (non-hydrogen) atoms. The van der Waals surface area contributed by atoms with Crippen molar-refractivity contribution < 1.29 is 0 Å². The molecule has 2 nitrogen and oxygen atoms in total. The highest BCUT2D eigenvalue weighted by molar-refractivity contribution is 5.21. The molecule has 0 N–H and O–H groups in total. The summed E-state index contributed by atoms with van der Waals surface area (Å²) in [5, 5.41) is 0. The molecule has 0 radical (unpaired) electrons. The molecule has 0 heterocycles. The average Bonchev–Trinajstić information content (AvgIpc) is 1.84. The lowest BCUT2D eigenvalue weighted by atomic mass is 10.3. The van der Waals surface area contributed by atoms with E-state index >= 15 is 0 Å². The summed E-state index contributed by atoms with van der Waals surface area (Å²) in [6, 6.07) is 0. The molecule has 0 aliphatic carbocycles. The number of rotatable bonds is 3. The fourth-order valence-electron chi connectivity index (χ4n) is 0.516. The Labute approximate surface area is 63.4 Å². The number of nitrogens with zero attached hydrogens (tertiary/aromatic N) is 2. The fourth-order valence-corrected chi connectivity index (χ4v) is 0.516. The van der Waals surface area contributed by atoms with Gasteiger partial charge >= 0.3 is 0 Å². The standard InChI is InChI=1S/C8H16N2/c1-7(9(3)4)8(2)10(5)6/h1-2H2,3-6H3. The van der Waals surface area contributed by atoms with Gasteiger partial charge in [-0.15, -0.1) is 0 Å². The first kappa shape index (κ1) is 9.08. The van der Waals surface area contributed by atoms with E-state index < -0.39 is 0 Å². The Morgan fingerprint density at radius 2 is 1.00 bits per heavy atom. The summed E-state index contributed by atoms with van der Waals surface area (Å²) in [4.78, 5) is 3.89. The van der Waals surface area contributed by atoms with Crippen LogP contribution in [0, 0.1) is 0 Å². The quantitative estimate of drug-likeness (QED) is 0.542. The molecule has 0 aliphatic rings. The minimum absolute atomic E-state index is 0.949. The highest BCUT2D eigenvalue weighted by Gasteiger charge is 2.02. The van der Waals surface area contributed by atoms with Gasteiger partial charge in [0, 0.05) is 28.2 Å². The van der Waals surface area contributed by atoms with Gasteiger partial charge in [0.15, 0.2) is 0 Å². The Hall–Kier alpha value is -0.920. The van der Waals surface area contributed by atoms with Crippen LogP contribution in [-0.2, 0) is 0 Å². The van der Waals surface area contributed by atoms with Crippen LogP contribution in [0.1, 0.15) is 0 Å². The van der Waals surface area contributed by atoms with E-state index in [0.717, 1.165) is 11.4 Å². The van der Waals surface area contributed by atoms with Crippen molar-refractivity contribution in [3.63, 3.8) is 0 Å². The first-order valence-corrected chi connectivity index (χ1v) is 3.19. The maximum Gasteiger partial charge on any atom is 0.0519 e. The zero-order chi connectivity index (χ0) is 8.31. The normalized spacial score (nSPS) is 8.80. The van der Waals surface area contributed by atoms with E-state index in [-0.39, 0.29) is 0 Å². The van der Waals surface area contributed by atoms with Crippen molar-refractivity contribution in [2.24, 2.45) is 0 Å². The van der Waals surface area contributed by atoms with Gasteiger partial charge in [0.05, 0.1) is 11.4 Å². The summed E-state index contributed by atoms with van der Waals surface area (Å²) < 4.78 is 0. The number of hydrogen-bond donors (Lipinski definition) is 0. The van der Waals surface area contributed by atoms with Crippen LogP contribution in [0.5, 0.6) is 0 Å². The van der Waals surface area contributed by atoms with Crippen LogP contribution in [0.2, 0.25) is 0 Å². The second-order valence-electron chi connectivity index (χ2n) is 2.68. The highest BCUT2D eigenvalue weighted by Crippen LogP contribution is 2.08. The Kier molecular flexibility index (Phi) is 3.00. The molecule has 0 fully saturated rings. The molecular weight excluding hydrogens is 124 g/mol. The molecule has 0 bridgehead atoms. The lowest BCUT2D eigenvalue weighted by molar-refractivity contribution is 0.447. The zero-order valence-corrected chi connectivity index (χ0v) is 7.31. The monoisotopic (exact) mass is 140 g/mol. The van der Waals surface area contributed by atoms with Crippen molar-refractivity contribution in [3.05, 3.63) is 24.6 Å². The van der Waals surface area contributed by atoms with E-state index in [2.05, 4.69) is 13.2 Å². The number of likely N-dealkylation sites (N-methyl/N-ethyl adjacent to an activating group) is 2.